The fourth-order valence-corrected chi connectivity index (χ4v) is 2.48. The normalized spacial score (nSPS) is 10.2. The van der Waals surface area contributed by atoms with E-state index in [1.165, 1.54) is 6.07 Å². The molecule has 21 heavy (non-hydrogen) atoms. The molecule has 0 aromatic heterocycles. The zero-order chi connectivity index (χ0) is 15.4. The fourth-order valence-electron chi connectivity index (χ4n) is 2.03. The van der Waals surface area contributed by atoms with Crippen LogP contribution in [0.3, 0.4) is 0 Å². The van der Waals surface area contributed by atoms with Crippen molar-refractivity contribution in [2.24, 2.45) is 0 Å². The first-order chi connectivity index (χ1) is 10.1. The van der Waals surface area contributed by atoms with Crippen molar-refractivity contribution in [3.8, 4) is 5.75 Å². The number of ether oxygens (including phenoxy) is 1. The molecule has 2 rings (SSSR count). The van der Waals surface area contributed by atoms with E-state index in [-0.39, 0.29) is 10.6 Å². The lowest BCUT2D eigenvalue weighted by atomic mass is 10.1. The summed E-state index contributed by atoms with van der Waals surface area (Å²) >= 11 is 3.30. The van der Waals surface area contributed by atoms with Crippen molar-refractivity contribution in [1.29, 1.82) is 0 Å². The number of nitro groups is 1. The SMILES string of the molecule is COc1cccc(N(C)c2ccc([N+](=O)[O-])c(CBr)c2)c1. The largest absolute Gasteiger partial charge is 0.497 e. The minimum absolute atomic E-state index is 0.120. The van der Waals surface area contributed by atoms with Crippen molar-refractivity contribution in [3.05, 3.63) is 58.1 Å². The summed E-state index contributed by atoms with van der Waals surface area (Å²) in [6.07, 6.45) is 0. The van der Waals surface area contributed by atoms with E-state index in [0.29, 0.717) is 10.9 Å². The van der Waals surface area contributed by atoms with Crippen LogP contribution >= 0.6 is 15.9 Å². The maximum atomic E-state index is 11.0. The minimum Gasteiger partial charge on any atom is -0.497 e. The van der Waals surface area contributed by atoms with Crippen molar-refractivity contribution < 1.29 is 9.66 Å². The van der Waals surface area contributed by atoms with Crippen LogP contribution in [0, 0.1) is 10.1 Å². The molecule has 0 amide bonds. The van der Waals surface area contributed by atoms with E-state index in [9.17, 15) is 10.1 Å². The van der Waals surface area contributed by atoms with Gasteiger partial charge in [0.15, 0.2) is 0 Å². The number of rotatable bonds is 5. The molecular weight excluding hydrogens is 336 g/mol. The summed E-state index contributed by atoms with van der Waals surface area (Å²) in [5.41, 5.74) is 2.59. The number of nitro benzene ring substituents is 1. The van der Waals surface area contributed by atoms with Crippen LogP contribution < -0.4 is 9.64 Å². The number of hydrogen-bond donors (Lipinski definition) is 0. The molecule has 0 aliphatic rings. The van der Waals surface area contributed by atoms with Crippen molar-refractivity contribution >= 4 is 33.0 Å². The van der Waals surface area contributed by atoms with Gasteiger partial charge in [-0.25, -0.2) is 0 Å². The number of alkyl halides is 1. The molecule has 0 unspecified atom stereocenters. The molecule has 5 nitrogen and oxygen atoms in total. The average molecular weight is 351 g/mol. The Bertz CT molecular complexity index is 661. The first-order valence-corrected chi connectivity index (χ1v) is 7.40. The molecule has 0 aliphatic carbocycles. The quantitative estimate of drug-likeness (QED) is 0.459. The van der Waals surface area contributed by atoms with Gasteiger partial charge in [-0.05, 0) is 24.3 Å². The van der Waals surface area contributed by atoms with Gasteiger partial charge < -0.3 is 9.64 Å². The number of hydrogen-bond acceptors (Lipinski definition) is 4. The van der Waals surface area contributed by atoms with Crippen molar-refractivity contribution in [2.45, 2.75) is 5.33 Å². The van der Waals surface area contributed by atoms with Crippen LogP contribution in [0.15, 0.2) is 42.5 Å². The molecular formula is C15H15BrN2O3. The third-order valence-corrected chi connectivity index (χ3v) is 3.84. The van der Waals surface area contributed by atoms with E-state index >= 15 is 0 Å². The van der Waals surface area contributed by atoms with E-state index in [1.54, 1.807) is 13.2 Å². The summed E-state index contributed by atoms with van der Waals surface area (Å²) in [5, 5.41) is 11.4. The zero-order valence-corrected chi connectivity index (χ0v) is 13.3. The number of methoxy groups -OCH3 is 1. The summed E-state index contributed by atoms with van der Waals surface area (Å²) < 4.78 is 5.21. The third kappa shape index (κ3) is 3.33. The highest BCUT2D eigenvalue weighted by atomic mass is 79.9. The molecule has 0 bridgehead atoms. The van der Waals surface area contributed by atoms with Gasteiger partial charge in [0.05, 0.1) is 12.0 Å². The van der Waals surface area contributed by atoms with Crippen LogP contribution in [0.1, 0.15) is 5.56 Å². The van der Waals surface area contributed by atoms with E-state index in [2.05, 4.69) is 15.9 Å². The van der Waals surface area contributed by atoms with Crippen molar-refractivity contribution in [2.75, 3.05) is 19.1 Å². The molecule has 0 aliphatic heterocycles. The average Bonchev–Trinajstić information content (AvgIpc) is 2.53. The fraction of sp³-hybridized carbons (Fsp3) is 0.200. The molecule has 0 saturated carbocycles. The third-order valence-electron chi connectivity index (χ3n) is 3.23. The first kappa shape index (κ1) is 15.3. The lowest BCUT2D eigenvalue weighted by molar-refractivity contribution is -0.385. The Hall–Kier alpha value is -2.08. The standard InChI is InChI=1S/C15H15BrN2O3/c1-17(12-4-3-5-14(9-12)21-2)13-6-7-15(18(19)20)11(8-13)10-16/h3-9H,10H2,1-2H3. The molecule has 2 aromatic carbocycles. The molecule has 0 N–H and O–H groups in total. The molecule has 0 heterocycles. The predicted octanol–water partition coefficient (Wildman–Crippen LogP) is 4.27. The maximum Gasteiger partial charge on any atom is 0.273 e. The van der Waals surface area contributed by atoms with Gasteiger partial charge in [-0.3, -0.25) is 10.1 Å². The van der Waals surface area contributed by atoms with Gasteiger partial charge in [-0.1, -0.05) is 22.0 Å². The highest BCUT2D eigenvalue weighted by Gasteiger charge is 2.15. The number of anilines is 2. The highest BCUT2D eigenvalue weighted by molar-refractivity contribution is 9.08. The molecule has 2 aromatic rings. The monoisotopic (exact) mass is 350 g/mol. The van der Waals surface area contributed by atoms with Crippen LogP contribution in [-0.2, 0) is 5.33 Å². The molecule has 0 atom stereocenters. The minimum atomic E-state index is -0.369. The van der Waals surface area contributed by atoms with E-state index in [4.69, 9.17) is 4.74 Å². The molecule has 6 heteroatoms. The van der Waals surface area contributed by atoms with Gasteiger partial charge in [0.2, 0.25) is 0 Å². The smallest absolute Gasteiger partial charge is 0.273 e. The Kier molecular flexibility index (Phi) is 4.80. The van der Waals surface area contributed by atoms with Crippen molar-refractivity contribution in [3.63, 3.8) is 0 Å². The summed E-state index contributed by atoms with van der Waals surface area (Å²) in [7, 11) is 3.53. The van der Waals surface area contributed by atoms with Gasteiger partial charge >= 0.3 is 0 Å². The van der Waals surface area contributed by atoms with Crippen LogP contribution in [0.25, 0.3) is 0 Å². The summed E-state index contributed by atoms with van der Waals surface area (Å²) in [6.45, 7) is 0. The Balaban J connectivity index is 2.38. The summed E-state index contributed by atoms with van der Waals surface area (Å²) in [4.78, 5) is 12.6. The van der Waals surface area contributed by atoms with Crippen LogP contribution in [-0.4, -0.2) is 19.1 Å². The van der Waals surface area contributed by atoms with Crippen LogP contribution in [0.2, 0.25) is 0 Å². The van der Waals surface area contributed by atoms with Gasteiger partial charge in [0.1, 0.15) is 5.75 Å². The topological polar surface area (TPSA) is 55.6 Å². The zero-order valence-electron chi connectivity index (χ0n) is 11.7. The van der Waals surface area contributed by atoms with Crippen molar-refractivity contribution in [1.82, 2.24) is 0 Å². The predicted molar refractivity (Wildman–Crippen MR) is 86.8 cm³/mol. The lowest BCUT2D eigenvalue weighted by Crippen LogP contribution is -2.10. The molecule has 110 valence electrons. The lowest BCUT2D eigenvalue weighted by Gasteiger charge is -2.20. The van der Waals surface area contributed by atoms with E-state index in [1.807, 2.05) is 42.3 Å². The van der Waals surface area contributed by atoms with Gasteiger partial charge in [-0.2, -0.15) is 0 Å². The first-order valence-electron chi connectivity index (χ1n) is 6.28. The second-order valence-electron chi connectivity index (χ2n) is 4.46. The van der Waals surface area contributed by atoms with Gasteiger partial charge in [0, 0.05) is 41.4 Å². The number of benzene rings is 2. The molecule has 0 fully saturated rings. The van der Waals surface area contributed by atoms with Gasteiger partial charge in [-0.15, -0.1) is 0 Å². The van der Waals surface area contributed by atoms with Gasteiger partial charge in [0.25, 0.3) is 5.69 Å². The molecule has 0 spiro atoms. The number of nitrogens with zero attached hydrogens (tertiary/aromatic N) is 2. The van der Waals surface area contributed by atoms with Crippen LogP contribution in [0.5, 0.6) is 5.75 Å². The van der Waals surface area contributed by atoms with E-state index in [0.717, 1.165) is 17.1 Å². The van der Waals surface area contributed by atoms with Crippen LogP contribution in [0.4, 0.5) is 17.1 Å². The molecule has 0 radical (unpaired) electrons. The van der Waals surface area contributed by atoms with E-state index < -0.39 is 0 Å². The second-order valence-corrected chi connectivity index (χ2v) is 5.02. The summed E-state index contributed by atoms with van der Waals surface area (Å²) in [5.74, 6) is 0.766. The maximum absolute atomic E-state index is 11.0. The Morgan fingerprint density at radius 2 is 1.95 bits per heavy atom. The number of halogens is 1. The molecule has 0 saturated heterocycles. The highest BCUT2D eigenvalue weighted by Crippen LogP contribution is 2.31. The Morgan fingerprint density at radius 3 is 2.57 bits per heavy atom. The second kappa shape index (κ2) is 6.58. The Morgan fingerprint density at radius 1 is 1.24 bits per heavy atom. The Labute approximate surface area is 131 Å². The summed E-state index contributed by atoms with van der Waals surface area (Å²) in [6, 6.07) is 12.7.